The monoisotopic (exact) mass is 369 g/mol. The second kappa shape index (κ2) is 9.14. The summed E-state index contributed by atoms with van der Waals surface area (Å²) in [4.78, 5) is 34.2. The number of nitrogens with zero attached hydrogens (tertiary/aromatic N) is 1. The normalized spacial score (nSPS) is 10.8. The number of hydrogen-bond donors (Lipinski definition) is 2. The molecule has 0 bridgehead atoms. The number of ketones is 1. The van der Waals surface area contributed by atoms with E-state index in [0.717, 1.165) is 0 Å². The van der Waals surface area contributed by atoms with Crippen molar-refractivity contribution in [3.63, 3.8) is 0 Å². The maximum Gasteiger partial charge on any atom is 0.269 e. The Morgan fingerprint density at radius 1 is 1.07 bits per heavy atom. The summed E-state index contributed by atoms with van der Waals surface area (Å²) in [6.45, 7) is 1.65. The Bertz CT molecular complexity index is 858. The van der Waals surface area contributed by atoms with E-state index in [9.17, 15) is 19.7 Å². The van der Waals surface area contributed by atoms with Gasteiger partial charge >= 0.3 is 0 Å². The predicted octanol–water partition coefficient (Wildman–Crippen LogP) is 2.55. The molecule has 1 amide bonds. The quantitative estimate of drug-likeness (QED) is 0.320. The first-order valence-corrected chi connectivity index (χ1v) is 8.04. The first-order valence-electron chi connectivity index (χ1n) is 8.04. The zero-order valence-corrected chi connectivity index (χ0v) is 14.9. The summed E-state index contributed by atoms with van der Waals surface area (Å²) in [5.41, 5.74) is 6.70. The Hall–Kier alpha value is -3.68. The molecule has 0 saturated carbocycles. The number of hydrogen-bond acceptors (Lipinski definition) is 6. The van der Waals surface area contributed by atoms with Gasteiger partial charge in [0.05, 0.1) is 18.5 Å². The molecule has 0 spiro atoms. The summed E-state index contributed by atoms with van der Waals surface area (Å²) in [5.74, 6) is 0.102. The van der Waals surface area contributed by atoms with Gasteiger partial charge < -0.3 is 10.2 Å². The summed E-state index contributed by atoms with van der Waals surface area (Å²) in [7, 11) is 1.55. The molecular weight excluding hydrogens is 350 g/mol. The number of methoxy groups -OCH3 is 1. The lowest BCUT2D eigenvalue weighted by Crippen LogP contribution is -2.37. The minimum Gasteiger partial charge on any atom is -0.497 e. The highest BCUT2D eigenvalue weighted by Crippen LogP contribution is 2.13. The van der Waals surface area contributed by atoms with Crippen LogP contribution in [0.4, 0.5) is 5.69 Å². The van der Waals surface area contributed by atoms with Gasteiger partial charge in [0, 0.05) is 29.5 Å². The Balaban J connectivity index is 1.86. The number of amides is 1. The second-order valence-electron chi connectivity index (χ2n) is 5.69. The number of rotatable bonds is 8. The first kappa shape index (κ1) is 19.6. The number of benzene rings is 2. The third kappa shape index (κ3) is 5.96. The highest BCUT2D eigenvalue weighted by molar-refractivity contribution is 6.04. The Kier molecular flexibility index (Phi) is 6.65. The Morgan fingerprint density at radius 2 is 1.70 bits per heavy atom. The van der Waals surface area contributed by atoms with Crippen molar-refractivity contribution in [2.75, 3.05) is 7.11 Å². The zero-order valence-electron chi connectivity index (χ0n) is 14.9. The number of ether oxygens (including phenoxy) is 1. The number of allylic oxidation sites excluding steroid dienone is 2. The molecule has 2 N–H and O–H groups in total. The topological polar surface area (TPSA) is 111 Å². The van der Waals surface area contributed by atoms with Crippen LogP contribution >= 0.6 is 0 Å². The van der Waals surface area contributed by atoms with Gasteiger partial charge in [-0.3, -0.25) is 25.1 Å². The van der Waals surface area contributed by atoms with Crippen LogP contribution in [0, 0.1) is 10.1 Å². The van der Waals surface area contributed by atoms with Crippen molar-refractivity contribution in [2.45, 2.75) is 13.3 Å². The molecule has 2 rings (SSSR count). The lowest BCUT2D eigenvalue weighted by molar-refractivity contribution is -0.384. The molecule has 8 heteroatoms. The SMILES string of the molecule is COc1ccc(C(=O)/C=C(\C)NNC(=O)Cc2ccc([N+](=O)[O-])cc2)cc1. The van der Waals surface area contributed by atoms with Crippen molar-refractivity contribution < 1.29 is 19.2 Å². The van der Waals surface area contributed by atoms with Crippen LogP contribution < -0.4 is 15.6 Å². The number of non-ortho nitro benzene ring substituents is 1. The van der Waals surface area contributed by atoms with Gasteiger partial charge in [-0.25, -0.2) is 0 Å². The number of nitrogens with one attached hydrogen (secondary N) is 2. The largest absolute Gasteiger partial charge is 0.497 e. The van der Waals surface area contributed by atoms with E-state index in [1.165, 1.54) is 30.3 Å². The standard InChI is InChI=1S/C19H19N3O5/c1-13(11-18(23)15-5-9-17(27-2)10-6-15)20-21-19(24)12-14-3-7-16(8-4-14)22(25)26/h3-11,20H,12H2,1-2H3,(H,21,24)/b13-11+. The molecule has 0 saturated heterocycles. The van der Waals surface area contributed by atoms with E-state index in [1.807, 2.05) is 0 Å². The number of carbonyl (C=O) groups is 2. The molecule has 0 aliphatic rings. The van der Waals surface area contributed by atoms with Crippen molar-refractivity contribution in [3.8, 4) is 5.75 Å². The molecule has 27 heavy (non-hydrogen) atoms. The van der Waals surface area contributed by atoms with Crippen LogP contribution in [-0.2, 0) is 11.2 Å². The van der Waals surface area contributed by atoms with Gasteiger partial charge in [-0.15, -0.1) is 0 Å². The van der Waals surface area contributed by atoms with Gasteiger partial charge in [-0.05, 0) is 36.8 Å². The van der Waals surface area contributed by atoms with E-state index < -0.39 is 4.92 Å². The molecule has 140 valence electrons. The smallest absolute Gasteiger partial charge is 0.269 e. The summed E-state index contributed by atoms with van der Waals surface area (Å²) >= 11 is 0. The van der Waals surface area contributed by atoms with Crippen LogP contribution in [0.15, 0.2) is 60.3 Å². The van der Waals surface area contributed by atoms with Crippen LogP contribution in [-0.4, -0.2) is 23.7 Å². The lowest BCUT2D eigenvalue weighted by Gasteiger charge is -2.09. The van der Waals surface area contributed by atoms with E-state index in [-0.39, 0.29) is 23.8 Å². The highest BCUT2D eigenvalue weighted by atomic mass is 16.6. The molecule has 2 aromatic carbocycles. The molecule has 0 heterocycles. The van der Waals surface area contributed by atoms with Crippen LogP contribution in [0.5, 0.6) is 5.75 Å². The van der Waals surface area contributed by atoms with Gasteiger partial charge in [0.2, 0.25) is 5.91 Å². The van der Waals surface area contributed by atoms with Crippen LogP contribution in [0.25, 0.3) is 0 Å². The highest BCUT2D eigenvalue weighted by Gasteiger charge is 2.08. The molecule has 8 nitrogen and oxygen atoms in total. The zero-order chi connectivity index (χ0) is 19.8. The molecule has 0 aromatic heterocycles. The third-order valence-electron chi connectivity index (χ3n) is 3.63. The molecule has 0 radical (unpaired) electrons. The van der Waals surface area contributed by atoms with Crippen LogP contribution in [0.1, 0.15) is 22.8 Å². The fourth-order valence-electron chi connectivity index (χ4n) is 2.20. The number of nitro groups is 1. The second-order valence-corrected chi connectivity index (χ2v) is 5.69. The van der Waals surface area contributed by atoms with Gasteiger partial charge in [-0.1, -0.05) is 12.1 Å². The van der Waals surface area contributed by atoms with Crippen LogP contribution in [0.2, 0.25) is 0 Å². The maximum atomic E-state index is 12.2. The number of hydrazine groups is 1. The maximum absolute atomic E-state index is 12.2. The average molecular weight is 369 g/mol. The van der Waals surface area contributed by atoms with Gasteiger partial charge in [-0.2, -0.15) is 0 Å². The van der Waals surface area contributed by atoms with Crippen molar-refractivity contribution in [3.05, 3.63) is 81.5 Å². The first-order chi connectivity index (χ1) is 12.9. The molecule has 0 fully saturated rings. The summed E-state index contributed by atoms with van der Waals surface area (Å²) in [6.07, 6.45) is 1.42. The molecule has 0 aliphatic carbocycles. The van der Waals surface area contributed by atoms with E-state index in [0.29, 0.717) is 22.6 Å². The number of nitro benzene ring substituents is 1. The molecule has 0 aliphatic heterocycles. The van der Waals surface area contributed by atoms with Crippen LogP contribution in [0.3, 0.4) is 0 Å². The van der Waals surface area contributed by atoms with Crippen molar-refractivity contribution in [2.24, 2.45) is 0 Å². The minimum atomic E-state index is -0.501. The van der Waals surface area contributed by atoms with E-state index in [1.54, 1.807) is 38.3 Å². The van der Waals surface area contributed by atoms with Crippen molar-refractivity contribution in [1.29, 1.82) is 0 Å². The van der Waals surface area contributed by atoms with E-state index in [4.69, 9.17) is 4.74 Å². The van der Waals surface area contributed by atoms with Crippen molar-refractivity contribution in [1.82, 2.24) is 10.9 Å². The summed E-state index contributed by atoms with van der Waals surface area (Å²) in [5, 5.41) is 10.6. The van der Waals surface area contributed by atoms with Crippen molar-refractivity contribution >= 4 is 17.4 Å². The molecular formula is C19H19N3O5. The Labute approximate surface area is 156 Å². The summed E-state index contributed by atoms with van der Waals surface area (Å²) in [6, 6.07) is 12.4. The molecule has 0 atom stereocenters. The predicted molar refractivity (Wildman–Crippen MR) is 99.2 cm³/mol. The van der Waals surface area contributed by atoms with E-state index in [2.05, 4.69) is 10.9 Å². The van der Waals surface area contributed by atoms with E-state index >= 15 is 0 Å². The molecule has 0 unspecified atom stereocenters. The third-order valence-corrected chi connectivity index (χ3v) is 3.63. The summed E-state index contributed by atoms with van der Waals surface area (Å²) < 4.78 is 5.04. The lowest BCUT2D eigenvalue weighted by atomic mass is 10.1. The fraction of sp³-hybridized carbons (Fsp3) is 0.158. The minimum absolute atomic E-state index is 0.0342. The van der Waals surface area contributed by atoms with Gasteiger partial charge in [0.1, 0.15) is 5.75 Å². The van der Waals surface area contributed by atoms with Gasteiger partial charge in [0.25, 0.3) is 5.69 Å². The van der Waals surface area contributed by atoms with Gasteiger partial charge in [0.15, 0.2) is 5.78 Å². The fourth-order valence-corrected chi connectivity index (χ4v) is 2.20. The molecule has 2 aromatic rings. The Morgan fingerprint density at radius 3 is 2.26 bits per heavy atom. The average Bonchev–Trinajstić information content (AvgIpc) is 2.67. The number of carbonyl (C=O) groups excluding carboxylic acids is 2.